The van der Waals surface area contributed by atoms with Gasteiger partial charge in [-0.3, -0.25) is 0 Å². The van der Waals surface area contributed by atoms with Crippen LogP contribution in [0.1, 0.15) is 62.3 Å². The Labute approximate surface area is 122 Å². The van der Waals surface area contributed by atoms with Gasteiger partial charge in [0.1, 0.15) is 0 Å². The molecule has 1 aliphatic carbocycles. The van der Waals surface area contributed by atoms with Crippen LogP contribution >= 0.6 is 11.6 Å². The lowest BCUT2D eigenvalue weighted by Gasteiger charge is -2.42. The van der Waals surface area contributed by atoms with Gasteiger partial charge in [0.05, 0.1) is 6.10 Å². The van der Waals surface area contributed by atoms with Crippen LogP contribution in [0.3, 0.4) is 0 Å². The molecule has 1 saturated carbocycles. The Morgan fingerprint density at radius 3 is 2.53 bits per heavy atom. The predicted octanol–water partition coefficient (Wildman–Crippen LogP) is 5.21. The minimum Gasteiger partial charge on any atom is -0.388 e. The minimum absolute atomic E-state index is 0.220. The van der Waals surface area contributed by atoms with E-state index in [9.17, 15) is 5.11 Å². The molecule has 2 atom stereocenters. The minimum atomic E-state index is -0.369. The van der Waals surface area contributed by atoms with Crippen molar-refractivity contribution in [1.82, 2.24) is 0 Å². The summed E-state index contributed by atoms with van der Waals surface area (Å²) in [6, 6.07) is 4.04. The second-order valence-corrected chi connectivity index (χ2v) is 7.15. The molecule has 1 fully saturated rings. The first-order chi connectivity index (χ1) is 8.83. The zero-order valence-corrected chi connectivity index (χ0v) is 13.2. The summed E-state index contributed by atoms with van der Waals surface area (Å²) in [6.45, 7) is 8.63. The van der Waals surface area contributed by atoms with Gasteiger partial charge in [-0.05, 0) is 60.8 Å². The average molecular weight is 281 g/mol. The number of halogens is 1. The van der Waals surface area contributed by atoms with Gasteiger partial charge in [0.15, 0.2) is 0 Å². The first kappa shape index (κ1) is 14.9. The molecule has 2 heteroatoms. The number of aliphatic hydroxyl groups excluding tert-OH is 1. The van der Waals surface area contributed by atoms with Crippen LogP contribution in [-0.4, -0.2) is 5.11 Å². The Balaban J connectivity index is 2.33. The molecule has 1 aliphatic rings. The van der Waals surface area contributed by atoms with Gasteiger partial charge in [-0.25, -0.2) is 0 Å². The van der Waals surface area contributed by atoms with E-state index < -0.39 is 0 Å². The molecule has 1 aromatic rings. The molecule has 2 unspecified atom stereocenters. The molecule has 0 aliphatic heterocycles. The lowest BCUT2D eigenvalue weighted by Crippen LogP contribution is -2.32. The maximum atomic E-state index is 10.8. The smallest absolute Gasteiger partial charge is 0.0825 e. The summed E-state index contributed by atoms with van der Waals surface area (Å²) in [5.74, 6) is 0.348. The largest absolute Gasteiger partial charge is 0.388 e. The summed E-state index contributed by atoms with van der Waals surface area (Å²) in [4.78, 5) is 0. The first-order valence-electron chi connectivity index (χ1n) is 7.27. The maximum Gasteiger partial charge on any atom is 0.0825 e. The normalized spacial score (nSPS) is 24.2. The molecule has 0 aromatic heterocycles. The predicted molar refractivity (Wildman–Crippen MR) is 81.6 cm³/mol. The molecule has 1 nitrogen and oxygen atoms in total. The van der Waals surface area contributed by atoms with Crippen LogP contribution in [-0.2, 0) is 0 Å². The molecule has 0 radical (unpaired) electrons. The summed E-state index contributed by atoms with van der Waals surface area (Å²) in [5.41, 5.74) is 3.43. The first-order valence-corrected chi connectivity index (χ1v) is 7.65. The number of rotatable bonds is 2. The van der Waals surface area contributed by atoms with E-state index in [4.69, 9.17) is 11.6 Å². The monoisotopic (exact) mass is 280 g/mol. The van der Waals surface area contributed by atoms with Crippen molar-refractivity contribution in [3.8, 4) is 0 Å². The van der Waals surface area contributed by atoms with E-state index in [0.717, 1.165) is 28.1 Å². The van der Waals surface area contributed by atoms with E-state index in [1.165, 1.54) is 19.3 Å². The Hall–Kier alpha value is -0.530. The fraction of sp³-hybridized carbons (Fsp3) is 0.647. The lowest BCUT2D eigenvalue weighted by molar-refractivity contribution is 0.00350. The van der Waals surface area contributed by atoms with E-state index in [-0.39, 0.29) is 11.5 Å². The summed E-state index contributed by atoms with van der Waals surface area (Å²) in [6.07, 6.45) is 4.48. The fourth-order valence-corrected chi connectivity index (χ4v) is 3.66. The summed E-state index contributed by atoms with van der Waals surface area (Å²) < 4.78 is 0. The van der Waals surface area contributed by atoms with Gasteiger partial charge in [0, 0.05) is 5.02 Å². The Morgan fingerprint density at radius 1 is 1.21 bits per heavy atom. The van der Waals surface area contributed by atoms with Crippen molar-refractivity contribution in [2.75, 3.05) is 0 Å². The van der Waals surface area contributed by atoms with Crippen LogP contribution in [0.15, 0.2) is 12.1 Å². The van der Waals surface area contributed by atoms with E-state index in [1.54, 1.807) is 0 Å². The van der Waals surface area contributed by atoms with Crippen molar-refractivity contribution >= 4 is 11.6 Å². The highest BCUT2D eigenvalue weighted by atomic mass is 35.5. The zero-order valence-electron chi connectivity index (χ0n) is 12.5. The second kappa shape index (κ2) is 5.46. The summed E-state index contributed by atoms with van der Waals surface area (Å²) in [7, 11) is 0. The van der Waals surface area contributed by atoms with Gasteiger partial charge < -0.3 is 5.11 Å². The van der Waals surface area contributed by atoms with Crippen molar-refractivity contribution in [3.63, 3.8) is 0 Å². The van der Waals surface area contributed by atoms with Crippen LogP contribution in [0.25, 0.3) is 0 Å². The van der Waals surface area contributed by atoms with E-state index in [2.05, 4.69) is 19.9 Å². The molecule has 2 rings (SSSR count). The third-order valence-corrected chi connectivity index (χ3v) is 5.24. The van der Waals surface area contributed by atoms with Crippen LogP contribution in [0, 0.1) is 25.2 Å². The standard InChI is InChI=1S/C17H25ClO/c1-11-10-15(18)12(2)9-13(11)16(19)14-7-5-6-8-17(14,3)4/h9-10,14,16,19H,5-8H2,1-4H3. The molecule has 0 amide bonds. The highest BCUT2D eigenvalue weighted by Gasteiger charge is 2.37. The van der Waals surface area contributed by atoms with Gasteiger partial charge in [-0.2, -0.15) is 0 Å². The number of benzene rings is 1. The number of aliphatic hydroxyl groups is 1. The zero-order chi connectivity index (χ0) is 14.2. The van der Waals surface area contributed by atoms with E-state index in [0.29, 0.717) is 5.92 Å². The molecule has 1 aromatic carbocycles. The molecule has 0 heterocycles. The number of hydrogen-bond acceptors (Lipinski definition) is 1. The van der Waals surface area contributed by atoms with Crippen molar-refractivity contribution in [3.05, 3.63) is 33.8 Å². The molecule has 106 valence electrons. The maximum absolute atomic E-state index is 10.8. The number of aryl methyl sites for hydroxylation is 2. The van der Waals surface area contributed by atoms with E-state index >= 15 is 0 Å². The SMILES string of the molecule is Cc1cc(C(O)C2CCCCC2(C)C)c(C)cc1Cl. The third-order valence-electron chi connectivity index (χ3n) is 4.84. The Bertz CT molecular complexity index is 465. The van der Waals surface area contributed by atoms with Crippen LogP contribution in [0.5, 0.6) is 0 Å². The molecular weight excluding hydrogens is 256 g/mol. The van der Waals surface area contributed by atoms with E-state index in [1.807, 2.05) is 19.9 Å². The van der Waals surface area contributed by atoms with Crippen LogP contribution in [0.2, 0.25) is 5.02 Å². The van der Waals surface area contributed by atoms with Crippen molar-refractivity contribution in [2.24, 2.45) is 11.3 Å². The average Bonchev–Trinajstić information content (AvgIpc) is 2.32. The highest BCUT2D eigenvalue weighted by Crippen LogP contribution is 2.47. The molecule has 0 bridgehead atoms. The van der Waals surface area contributed by atoms with Gasteiger partial charge >= 0.3 is 0 Å². The van der Waals surface area contributed by atoms with Gasteiger partial charge in [0.2, 0.25) is 0 Å². The summed E-state index contributed by atoms with van der Waals surface area (Å²) >= 11 is 6.15. The van der Waals surface area contributed by atoms with Crippen LogP contribution in [0.4, 0.5) is 0 Å². The summed E-state index contributed by atoms with van der Waals surface area (Å²) in [5, 5.41) is 11.6. The topological polar surface area (TPSA) is 20.2 Å². The molecule has 0 saturated heterocycles. The number of hydrogen-bond donors (Lipinski definition) is 1. The third kappa shape index (κ3) is 2.98. The second-order valence-electron chi connectivity index (χ2n) is 6.74. The quantitative estimate of drug-likeness (QED) is 0.789. The Kier molecular flexibility index (Phi) is 4.27. The van der Waals surface area contributed by atoms with Crippen molar-refractivity contribution in [1.29, 1.82) is 0 Å². The van der Waals surface area contributed by atoms with Crippen molar-refractivity contribution < 1.29 is 5.11 Å². The fourth-order valence-electron chi connectivity index (χ4n) is 3.44. The van der Waals surface area contributed by atoms with Gasteiger partial charge in [0.25, 0.3) is 0 Å². The highest BCUT2D eigenvalue weighted by molar-refractivity contribution is 6.31. The molecule has 19 heavy (non-hydrogen) atoms. The van der Waals surface area contributed by atoms with Gasteiger partial charge in [-0.15, -0.1) is 0 Å². The molecule has 0 spiro atoms. The molecular formula is C17H25ClO. The van der Waals surface area contributed by atoms with Gasteiger partial charge in [-0.1, -0.05) is 44.4 Å². The van der Waals surface area contributed by atoms with Crippen molar-refractivity contribution in [2.45, 2.75) is 59.5 Å². The molecule has 1 N–H and O–H groups in total. The lowest BCUT2D eigenvalue weighted by atomic mass is 9.65. The Morgan fingerprint density at radius 2 is 1.89 bits per heavy atom. The van der Waals surface area contributed by atoms with Crippen LogP contribution < -0.4 is 0 Å².